The van der Waals surface area contributed by atoms with Crippen molar-refractivity contribution >= 4 is 11.8 Å². The van der Waals surface area contributed by atoms with Gasteiger partial charge in [-0.3, -0.25) is 0 Å². The summed E-state index contributed by atoms with van der Waals surface area (Å²) in [6.07, 6.45) is 3.59. The zero-order valence-electron chi connectivity index (χ0n) is 6.40. The molecule has 1 aliphatic rings. The normalized spacial score (nSPS) is 24.1. The maximum Gasteiger partial charge on any atom is 0.0315 e. The number of rotatable bonds is 1. The molecular formula is C8H14S. The van der Waals surface area contributed by atoms with Crippen molar-refractivity contribution in [3.8, 4) is 0 Å². The lowest BCUT2D eigenvalue weighted by atomic mass is 10.0. The zero-order chi connectivity index (χ0) is 6.91. The SMILES string of the molecule is CCC1=CCSC1(C)C. The van der Waals surface area contributed by atoms with Gasteiger partial charge in [-0.1, -0.05) is 18.6 Å². The highest BCUT2D eigenvalue weighted by atomic mass is 32.2. The van der Waals surface area contributed by atoms with Gasteiger partial charge in [0, 0.05) is 10.5 Å². The van der Waals surface area contributed by atoms with Crippen molar-refractivity contribution in [3.05, 3.63) is 11.6 Å². The molecule has 0 saturated heterocycles. The summed E-state index contributed by atoms with van der Waals surface area (Å²) in [4.78, 5) is 0. The fourth-order valence-electron chi connectivity index (χ4n) is 1.26. The maximum atomic E-state index is 2.37. The second-order valence-corrected chi connectivity index (χ2v) is 4.55. The van der Waals surface area contributed by atoms with Gasteiger partial charge in [-0.15, -0.1) is 11.8 Å². The Morgan fingerprint density at radius 1 is 1.67 bits per heavy atom. The van der Waals surface area contributed by atoms with Crippen LogP contribution >= 0.6 is 11.8 Å². The van der Waals surface area contributed by atoms with Crippen LogP contribution in [0.4, 0.5) is 0 Å². The molecule has 0 nitrogen and oxygen atoms in total. The summed E-state index contributed by atoms with van der Waals surface area (Å²) in [6, 6.07) is 0. The lowest BCUT2D eigenvalue weighted by molar-refractivity contribution is 0.800. The van der Waals surface area contributed by atoms with Gasteiger partial charge in [-0.25, -0.2) is 0 Å². The number of hydrogen-bond acceptors (Lipinski definition) is 1. The Labute approximate surface area is 61.7 Å². The molecule has 0 aromatic carbocycles. The molecule has 0 fully saturated rings. The van der Waals surface area contributed by atoms with Crippen LogP contribution in [0.3, 0.4) is 0 Å². The molecule has 0 atom stereocenters. The van der Waals surface area contributed by atoms with Gasteiger partial charge in [0.05, 0.1) is 0 Å². The first-order chi connectivity index (χ1) is 4.17. The van der Waals surface area contributed by atoms with E-state index in [-0.39, 0.29) is 0 Å². The van der Waals surface area contributed by atoms with E-state index in [1.807, 2.05) is 11.8 Å². The van der Waals surface area contributed by atoms with Crippen LogP contribution in [0.2, 0.25) is 0 Å². The lowest BCUT2D eigenvalue weighted by Gasteiger charge is -2.19. The maximum absolute atomic E-state index is 2.37. The van der Waals surface area contributed by atoms with Crippen LogP contribution in [0.25, 0.3) is 0 Å². The molecule has 0 aromatic rings. The van der Waals surface area contributed by atoms with E-state index in [0.29, 0.717) is 4.75 Å². The third-order valence-electron chi connectivity index (χ3n) is 1.93. The highest BCUT2D eigenvalue weighted by molar-refractivity contribution is 8.01. The summed E-state index contributed by atoms with van der Waals surface area (Å²) in [5.41, 5.74) is 1.62. The molecule has 0 aromatic heterocycles. The molecule has 1 heterocycles. The van der Waals surface area contributed by atoms with Crippen LogP contribution in [-0.2, 0) is 0 Å². The fraction of sp³-hybridized carbons (Fsp3) is 0.750. The van der Waals surface area contributed by atoms with E-state index in [2.05, 4.69) is 26.8 Å². The smallest absolute Gasteiger partial charge is 0.0315 e. The standard InChI is InChI=1S/C8H14S/c1-4-7-5-6-9-8(7,2)3/h5H,4,6H2,1-3H3. The van der Waals surface area contributed by atoms with Crippen molar-refractivity contribution in [3.63, 3.8) is 0 Å². The third-order valence-corrected chi connectivity index (χ3v) is 3.25. The van der Waals surface area contributed by atoms with Crippen LogP contribution in [0, 0.1) is 0 Å². The average molecular weight is 142 g/mol. The van der Waals surface area contributed by atoms with Gasteiger partial charge in [0.1, 0.15) is 0 Å². The molecule has 1 rings (SSSR count). The second kappa shape index (κ2) is 2.37. The molecule has 52 valence electrons. The lowest BCUT2D eigenvalue weighted by Crippen LogP contribution is -2.13. The van der Waals surface area contributed by atoms with Crippen molar-refractivity contribution in [1.82, 2.24) is 0 Å². The van der Waals surface area contributed by atoms with Crippen LogP contribution < -0.4 is 0 Å². The van der Waals surface area contributed by atoms with Gasteiger partial charge in [0.15, 0.2) is 0 Å². The molecular weight excluding hydrogens is 128 g/mol. The van der Waals surface area contributed by atoms with Crippen LogP contribution in [0.5, 0.6) is 0 Å². The van der Waals surface area contributed by atoms with Crippen LogP contribution in [0.1, 0.15) is 27.2 Å². The van der Waals surface area contributed by atoms with Gasteiger partial charge < -0.3 is 0 Å². The predicted molar refractivity (Wildman–Crippen MR) is 44.9 cm³/mol. The monoisotopic (exact) mass is 142 g/mol. The van der Waals surface area contributed by atoms with E-state index in [1.165, 1.54) is 12.2 Å². The van der Waals surface area contributed by atoms with Crippen molar-refractivity contribution in [2.24, 2.45) is 0 Å². The van der Waals surface area contributed by atoms with Crippen LogP contribution in [-0.4, -0.2) is 10.5 Å². The molecule has 0 saturated carbocycles. The molecule has 1 heteroatoms. The van der Waals surface area contributed by atoms with E-state index >= 15 is 0 Å². The Balaban J connectivity index is 2.69. The minimum Gasteiger partial charge on any atom is -0.147 e. The van der Waals surface area contributed by atoms with Gasteiger partial charge in [0.2, 0.25) is 0 Å². The largest absolute Gasteiger partial charge is 0.147 e. The summed E-state index contributed by atoms with van der Waals surface area (Å²) >= 11 is 2.04. The molecule has 0 aliphatic carbocycles. The molecule has 1 aliphatic heterocycles. The number of hydrogen-bond donors (Lipinski definition) is 0. The van der Waals surface area contributed by atoms with Gasteiger partial charge >= 0.3 is 0 Å². The summed E-state index contributed by atoms with van der Waals surface area (Å²) < 4.78 is 0.439. The minimum atomic E-state index is 0.439. The quantitative estimate of drug-likeness (QED) is 0.507. The Morgan fingerprint density at radius 2 is 2.33 bits per heavy atom. The van der Waals surface area contributed by atoms with E-state index in [1.54, 1.807) is 5.57 Å². The summed E-state index contributed by atoms with van der Waals surface area (Å²) in [5, 5.41) is 0. The minimum absolute atomic E-state index is 0.439. The Bertz CT molecular complexity index is 134. The summed E-state index contributed by atoms with van der Waals surface area (Å²) in [5.74, 6) is 1.22. The third kappa shape index (κ3) is 1.32. The van der Waals surface area contributed by atoms with Crippen molar-refractivity contribution in [2.75, 3.05) is 5.75 Å². The van der Waals surface area contributed by atoms with E-state index in [4.69, 9.17) is 0 Å². The number of thioether (sulfide) groups is 1. The second-order valence-electron chi connectivity index (χ2n) is 2.90. The Kier molecular flexibility index (Phi) is 1.90. The Hall–Kier alpha value is 0.0900. The highest BCUT2D eigenvalue weighted by Crippen LogP contribution is 2.39. The first-order valence-electron chi connectivity index (χ1n) is 3.50. The van der Waals surface area contributed by atoms with Crippen molar-refractivity contribution in [2.45, 2.75) is 31.9 Å². The first-order valence-corrected chi connectivity index (χ1v) is 4.49. The molecule has 0 bridgehead atoms. The van der Waals surface area contributed by atoms with E-state index in [0.717, 1.165) is 0 Å². The highest BCUT2D eigenvalue weighted by Gasteiger charge is 2.25. The molecule has 0 unspecified atom stereocenters. The Morgan fingerprint density at radius 3 is 2.56 bits per heavy atom. The molecule has 0 radical (unpaired) electrons. The van der Waals surface area contributed by atoms with Crippen molar-refractivity contribution in [1.29, 1.82) is 0 Å². The summed E-state index contributed by atoms with van der Waals surface area (Å²) in [6.45, 7) is 6.85. The van der Waals surface area contributed by atoms with Gasteiger partial charge in [-0.2, -0.15) is 0 Å². The molecule has 0 spiro atoms. The van der Waals surface area contributed by atoms with E-state index < -0.39 is 0 Å². The fourth-order valence-corrected chi connectivity index (χ4v) is 2.37. The first kappa shape index (κ1) is 7.20. The zero-order valence-corrected chi connectivity index (χ0v) is 7.22. The van der Waals surface area contributed by atoms with E-state index in [9.17, 15) is 0 Å². The van der Waals surface area contributed by atoms with Gasteiger partial charge in [0.25, 0.3) is 0 Å². The predicted octanol–water partition coefficient (Wildman–Crippen LogP) is 2.85. The summed E-state index contributed by atoms with van der Waals surface area (Å²) in [7, 11) is 0. The molecule has 0 N–H and O–H groups in total. The van der Waals surface area contributed by atoms with Crippen LogP contribution in [0.15, 0.2) is 11.6 Å². The van der Waals surface area contributed by atoms with Gasteiger partial charge in [-0.05, 0) is 20.3 Å². The average Bonchev–Trinajstić information content (AvgIpc) is 2.08. The molecule has 9 heavy (non-hydrogen) atoms. The van der Waals surface area contributed by atoms with Crippen molar-refractivity contribution < 1.29 is 0 Å². The molecule has 0 amide bonds. The topological polar surface area (TPSA) is 0 Å².